The molecule has 0 aliphatic carbocycles. The van der Waals surface area contributed by atoms with E-state index in [9.17, 15) is 18.0 Å². The van der Waals surface area contributed by atoms with Crippen molar-refractivity contribution in [2.75, 3.05) is 36.0 Å². The van der Waals surface area contributed by atoms with Crippen molar-refractivity contribution in [1.29, 1.82) is 0 Å². The first kappa shape index (κ1) is 45.1. The molecule has 0 saturated heterocycles. The third-order valence-corrected chi connectivity index (χ3v) is 13.5. The molecule has 3 heterocycles. The minimum Gasteiger partial charge on any atom is -0.367 e. The Morgan fingerprint density at radius 1 is 0.817 bits per heavy atom. The van der Waals surface area contributed by atoms with E-state index in [2.05, 4.69) is 50.4 Å². The normalized spacial score (nSPS) is 13.2. The summed E-state index contributed by atoms with van der Waals surface area (Å²) in [6.07, 6.45) is 5.48. The molecule has 2 amide bonds. The van der Waals surface area contributed by atoms with Crippen LogP contribution in [0.25, 0.3) is 11.3 Å². The van der Waals surface area contributed by atoms with Crippen molar-refractivity contribution in [2.24, 2.45) is 0 Å². The Kier molecular flexibility index (Phi) is 15.4. The van der Waals surface area contributed by atoms with Crippen molar-refractivity contribution in [2.45, 2.75) is 84.2 Å². The second kappa shape index (κ2) is 20.4. The maximum Gasteiger partial charge on any atom is 0.265 e. The molecule has 0 fully saturated rings. The summed E-state index contributed by atoms with van der Waals surface area (Å²) in [4.78, 5) is 39.8. The lowest BCUT2D eigenvalue weighted by molar-refractivity contribution is 0.0735. The Hall–Kier alpha value is -4.42. The number of benzene rings is 4. The number of halogens is 3. The van der Waals surface area contributed by atoms with Crippen LogP contribution in [0, 0.1) is 0 Å². The van der Waals surface area contributed by atoms with Crippen molar-refractivity contribution in [3.63, 3.8) is 0 Å². The number of rotatable bonds is 14. The molecule has 60 heavy (non-hydrogen) atoms. The summed E-state index contributed by atoms with van der Waals surface area (Å²) in [5.74, 6) is -0.290. The fourth-order valence-electron chi connectivity index (χ4n) is 7.62. The van der Waals surface area contributed by atoms with E-state index in [0.717, 1.165) is 67.0 Å². The summed E-state index contributed by atoms with van der Waals surface area (Å²) >= 11 is 16.1. The first-order valence-electron chi connectivity index (χ1n) is 20.8. The van der Waals surface area contributed by atoms with Crippen molar-refractivity contribution >= 4 is 72.5 Å². The molecule has 0 atom stereocenters. The maximum absolute atomic E-state index is 14.6. The van der Waals surface area contributed by atoms with Gasteiger partial charge < -0.3 is 14.7 Å². The quantitative estimate of drug-likeness (QED) is 0.118. The Labute approximate surface area is 373 Å². The van der Waals surface area contributed by atoms with Gasteiger partial charge in [-0.25, -0.2) is 18.1 Å². The van der Waals surface area contributed by atoms with Gasteiger partial charge in [0.2, 0.25) is 0 Å². The van der Waals surface area contributed by atoms with Crippen LogP contribution >= 0.6 is 39.1 Å². The SMILES string of the molecule is CC.CCCCN(CCCC)c1ccc(Br)c(-c2ccc(C(=O)NS(=O)(=O)c3ccc4c(c3)CCN4Cc3ccc(Cl)c(Cl)c3)cc2C(=O)N2CCc3ccccc3C2)n1. The van der Waals surface area contributed by atoms with Gasteiger partial charge in [-0.3, -0.25) is 9.59 Å². The minimum absolute atomic E-state index is 0.0171. The van der Waals surface area contributed by atoms with Crippen molar-refractivity contribution < 1.29 is 18.0 Å². The third kappa shape index (κ3) is 10.4. The number of nitrogens with zero attached hydrogens (tertiary/aromatic N) is 4. The van der Waals surface area contributed by atoms with Gasteiger partial charge in [0.1, 0.15) is 5.82 Å². The molecule has 9 nitrogen and oxygen atoms in total. The number of anilines is 2. The largest absolute Gasteiger partial charge is 0.367 e. The van der Waals surface area contributed by atoms with E-state index in [0.29, 0.717) is 64.8 Å². The number of hydrogen-bond donors (Lipinski definition) is 1. The predicted molar refractivity (Wildman–Crippen MR) is 248 cm³/mol. The van der Waals surface area contributed by atoms with Crippen LogP contribution in [0.1, 0.15) is 96.3 Å². The molecule has 0 unspecified atom stereocenters. The van der Waals surface area contributed by atoms with Gasteiger partial charge in [-0.15, -0.1) is 0 Å². The molecule has 1 N–H and O–H groups in total. The number of amides is 2. The molecule has 1 aromatic heterocycles. The van der Waals surface area contributed by atoms with Crippen molar-refractivity contribution in [3.05, 3.63) is 139 Å². The lowest BCUT2D eigenvalue weighted by Gasteiger charge is -2.30. The van der Waals surface area contributed by atoms with Gasteiger partial charge in [-0.2, -0.15) is 0 Å². The lowest BCUT2D eigenvalue weighted by Crippen LogP contribution is -2.36. The van der Waals surface area contributed by atoms with Gasteiger partial charge in [-0.1, -0.05) is 100 Å². The molecule has 13 heteroatoms. The molecule has 5 aromatic rings. The molecular formula is C47H52BrCl2N5O4S. The summed E-state index contributed by atoms with van der Waals surface area (Å²) in [5, 5.41) is 0.961. The number of aromatic nitrogens is 1. The Morgan fingerprint density at radius 2 is 1.53 bits per heavy atom. The van der Waals surface area contributed by atoms with E-state index in [1.54, 1.807) is 35.2 Å². The summed E-state index contributed by atoms with van der Waals surface area (Å²) in [7, 11) is -4.27. The molecule has 7 rings (SSSR count). The monoisotopic (exact) mass is 931 g/mol. The van der Waals surface area contributed by atoms with Crippen LogP contribution in [0.2, 0.25) is 10.0 Å². The van der Waals surface area contributed by atoms with E-state index in [-0.39, 0.29) is 21.9 Å². The van der Waals surface area contributed by atoms with Gasteiger partial charge in [0.25, 0.3) is 21.8 Å². The highest BCUT2D eigenvalue weighted by Crippen LogP contribution is 2.35. The number of unbranched alkanes of at least 4 members (excludes halogenated alkanes) is 2. The molecular weight excluding hydrogens is 881 g/mol. The summed E-state index contributed by atoms with van der Waals surface area (Å²) < 4.78 is 30.5. The van der Waals surface area contributed by atoms with Crippen LogP contribution in [0.5, 0.6) is 0 Å². The molecule has 0 bridgehead atoms. The van der Waals surface area contributed by atoms with Crippen LogP contribution in [0.4, 0.5) is 11.5 Å². The zero-order valence-corrected chi connectivity index (χ0v) is 38.5. The van der Waals surface area contributed by atoms with Crippen molar-refractivity contribution in [3.8, 4) is 11.3 Å². The molecule has 316 valence electrons. The third-order valence-electron chi connectivity index (χ3n) is 10.8. The van der Waals surface area contributed by atoms with E-state index in [1.165, 1.54) is 17.7 Å². The highest BCUT2D eigenvalue weighted by atomic mass is 79.9. The van der Waals surface area contributed by atoms with Crippen LogP contribution in [0.3, 0.4) is 0 Å². The fourth-order valence-corrected chi connectivity index (χ4v) is 9.40. The fraction of sp³-hybridized carbons (Fsp3) is 0.340. The van der Waals surface area contributed by atoms with Crippen molar-refractivity contribution in [1.82, 2.24) is 14.6 Å². The topological polar surface area (TPSA) is 103 Å². The smallest absolute Gasteiger partial charge is 0.265 e. The van der Waals surface area contributed by atoms with Gasteiger partial charge in [0, 0.05) is 66.1 Å². The average molecular weight is 934 g/mol. The van der Waals surface area contributed by atoms with E-state index < -0.39 is 15.9 Å². The molecule has 2 aliphatic rings. The highest BCUT2D eigenvalue weighted by molar-refractivity contribution is 9.10. The number of fused-ring (bicyclic) bond motifs is 2. The number of pyridine rings is 1. The molecule has 0 radical (unpaired) electrons. The summed E-state index contributed by atoms with van der Waals surface area (Å²) in [6.45, 7) is 12.2. The van der Waals surface area contributed by atoms with Gasteiger partial charge in [-0.05, 0) is 118 Å². The van der Waals surface area contributed by atoms with Crippen LogP contribution in [-0.4, -0.2) is 56.3 Å². The molecule has 0 spiro atoms. The number of hydrogen-bond acceptors (Lipinski definition) is 7. The standard InChI is InChI=1S/C45H46BrCl2N5O4S.C2H6/c1-3-5-21-51(22-6-4-2)42-18-15-38(46)43(49-42)36-14-12-33(27-37(36)45(55)53-24-19-31-9-7-8-10-34(31)29-53)44(54)50-58(56,57)35-13-17-41-32(26-35)20-23-52(41)28-30-11-16-39(47)40(48)25-30;1-2/h7-18,25-27H,3-6,19-24,28-29H2,1-2H3,(H,50,54);1-2H3. The Morgan fingerprint density at radius 3 is 2.25 bits per heavy atom. The van der Waals surface area contributed by atoms with E-state index in [1.807, 2.05) is 56.3 Å². The van der Waals surface area contributed by atoms with Gasteiger partial charge in [0.15, 0.2) is 0 Å². The lowest BCUT2D eigenvalue weighted by atomic mass is 9.96. The number of carbonyl (C=O) groups is 2. The zero-order chi connectivity index (χ0) is 43.0. The number of sulfonamides is 1. The number of nitrogens with one attached hydrogen (secondary N) is 1. The average Bonchev–Trinajstić information content (AvgIpc) is 3.67. The van der Waals surface area contributed by atoms with Crippen LogP contribution < -0.4 is 14.5 Å². The maximum atomic E-state index is 14.6. The Balaban J connectivity index is 0.00000297. The second-order valence-corrected chi connectivity index (χ2v) is 18.2. The highest BCUT2D eigenvalue weighted by Gasteiger charge is 2.29. The molecule has 0 saturated carbocycles. The predicted octanol–water partition coefficient (Wildman–Crippen LogP) is 11.1. The van der Waals surface area contributed by atoms with E-state index >= 15 is 0 Å². The minimum atomic E-state index is -4.27. The van der Waals surface area contributed by atoms with Gasteiger partial charge >= 0.3 is 0 Å². The first-order chi connectivity index (χ1) is 28.9. The first-order valence-corrected chi connectivity index (χ1v) is 23.8. The second-order valence-electron chi connectivity index (χ2n) is 14.8. The van der Waals surface area contributed by atoms with E-state index in [4.69, 9.17) is 28.2 Å². The summed E-state index contributed by atoms with van der Waals surface area (Å²) in [6, 6.07) is 27.2. The molecule has 2 aliphatic heterocycles. The zero-order valence-electron chi connectivity index (χ0n) is 34.6. The Bertz CT molecular complexity index is 2460. The number of carbonyl (C=O) groups excluding carboxylic acids is 2. The van der Waals surface area contributed by atoms with Crippen LogP contribution in [0.15, 0.2) is 100 Å². The molecule has 4 aromatic carbocycles. The summed E-state index contributed by atoms with van der Waals surface area (Å²) in [5.41, 5.74) is 6.46. The van der Waals surface area contributed by atoms with Gasteiger partial charge in [0.05, 0.1) is 20.6 Å². The van der Waals surface area contributed by atoms with Crippen LogP contribution in [-0.2, 0) is 36.0 Å².